The summed E-state index contributed by atoms with van der Waals surface area (Å²) in [7, 11) is 0. The number of hydrogen-bond donors (Lipinski definition) is 2. The number of nitrogens with one attached hydrogen (secondary N) is 2. The highest BCUT2D eigenvalue weighted by atomic mass is 16.5. The number of anilines is 1. The normalized spacial score (nSPS) is 14.3. The molecule has 27 heavy (non-hydrogen) atoms. The molecule has 0 aromatic heterocycles. The molecule has 0 aliphatic heterocycles. The lowest BCUT2D eigenvalue weighted by molar-refractivity contribution is -0.116. The molecule has 2 aromatic carbocycles. The van der Waals surface area contributed by atoms with Gasteiger partial charge in [0.05, 0.1) is 6.10 Å². The molecular formula is C23H30N2O2. The van der Waals surface area contributed by atoms with Crippen molar-refractivity contribution in [3.8, 4) is 5.75 Å². The molecule has 0 saturated heterocycles. The maximum Gasteiger partial charge on any atom is 0.224 e. The maximum absolute atomic E-state index is 12.4. The maximum atomic E-state index is 12.4. The SMILES string of the molecule is CCNCc1ccccc1NC(=O)CCc1cccc(OC2CCCC2)c1. The van der Waals surface area contributed by atoms with Crippen LogP contribution in [0.15, 0.2) is 48.5 Å². The highest BCUT2D eigenvalue weighted by Gasteiger charge is 2.16. The van der Waals surface area contributed by atoms with Crippen LogP contribution < -0.4 is 15.4 Å². The molecule has 2 N–H and O–H groups in total. The second-order valence-corrected chi connectivity index (χ2v) is 7.16. The average molecular weight is 367 g/mol. The van der Waals surface area contributed by atoms with E-state index in [0.29, 0.717) is 18.9 Å². The standard InChI is InChI=1S/C23H30N2O2/c1-2-24-17-19-9-3-6-13-22(19)25-23(26)15-14-18-8-7-12-21(16-18)27-20-10-4-5-11-20/h3,6-9,12-13,16,20,24H,2,4-5,10-11,14-15,17H2,1H3,(H,25,26). The van der Waals surface area contributed by atoms with Crippen LogP contribution in [-0.2, 0) is 17.8 Å². The van der Waals surface area contributed by atoms with Crippen LogP contribution in [0.25, 0.3) is 0 Å². The number of para-hydroxylation sites is 1. The average Bonchev–Trinajstić information content (AvgIpc) is 3.19. The first-order valence-electron chi connectivity index (χ1n) is 10.1. The van der Waals surface area contributed by atoms with Crippen molar-refractivity contribution in [2.75, 3.05) is 11.9 Å². The summed E-state index contributed by atoms with van der Waals surface area (Å²) in [5.74, 6) is 0.969. The monoisotopic (exact) mass is 366 g/mol. The molecule has 0 bridgehead atoms. The molecule has 1 amide bonds. The molecule has 2 aromatic rings. The first-order chi connectivity index (χ1) is 13.2. The highest BCUT2D eigenvalue weighted by molar-refractivity contribution is 5.91. The Hall–Kier alpha value is -2.33. The molecule has 0 spiro atoms. The molecule has 1 aliphatic carbocycles. The van der Waals surface area contributed by atoms with Gasteiger partial charge in [-0.1, -0.05) is 37.3 Å². The van der Waals surface area contributed by atoms with Gasteiger partial charge in [0.1, 0.15) is 5.75 Å². The zero-order chi connectivity index (χ0) is 18.9. The van der Waals surface area contributed by atoms with Crippen molar-refractivity contribution in [2.45, 2.75) is 58.1 Å². The lowest BCUT2D eigenvalue weighted by atomic mass is 10.1. The molecule has 4 nitrogen and oxygen atoms in total. The molecule has 0 heterocycles. The number of carbonyl (C=O) groups is 1. The van der Waals surface area contributed by atoms with E-state index in [0.717, 1.165) is 48.5 Å². The van der Waals surface area contributed by atoms with Gasteiger partial charge in [-0.05, 0) is 68.0 Å². The van der Waals surface area contributed by atoms with E-state index in [1.807, 2.05) is 36.4 Å². The highest BCUT2D eigenvalue weighted by Crippen LogP contribution is 2.25. The van der Waals surface area contributed by atoms with Gasteiger partial charge < -0.3 is 15.4 Å². The van der Waals surface area contributed by atoms with Crippen molar-refractivity contribution in [1.29, 1.82) is 0 Å². The van der Waals surface area contributed by atoms with E-state index < -0.39 is 0 Å². The number of ether oxygens (including phenoxy) is 1. The van der Waals surface area contributed by atoms with Crippen LogP contribution in [0.4, 0.5) is 5.69 Å². The van der Waals surface area contributed by atoms with Crippen LogP contribution in [0.1, 0.15) is 50.2 Å². The summed E-state index contributed by atoms with van der Waals surface area (Å²) in [6.45, 7) is 3.74. The smallest absolute Gasteiger partial charge is 0.224 e. The van der Waals surface area contributed by atoms with Crippen molar-refractivity contribution in [2.24, 2.45) is 0 Å². The summed E-state index contributed by atoms with van der Waals surface area (Å²) in [6, 6.07) is 16.1. The minimum absolute atomic E-state index is 0.0427. The predicted molar refractivity (Wildman–Crippen MR) is 110 cm³/mol. The number of carbonyl (C=O) groups excluding carboxylic acids is 1. The third-order valence-electron chi connectivity index (χ3n) is 5.00. The Labute approximate surface area is 162 Å². The van der Waals surface area contributed by atoms with Crippen molar-refractivity contribution in [1.82, 2.24) is 5.32 Å². The quantitative estimate of drug-likeness (QED) is 0.677. The van der Waals surface area contributed by atoms with Gasteiger partial charge in [-0.2, -0.15) is 0 Å². The fourth-order valence-corrected chi connectivity index (χ4v) is 3.50. The first-order valence-corrected chi connectivity index (χ1v) is 10.1. The molecule has 144 valence electrons. The number of benzene rings is 2. The van der Waals surface area contributed by atoms with Crippen molar-refractivity contribution >= 4 is 11.6 Å². The van der Waals surface area contributed by atoms with Crippen LogP contribution in [0, 0.1) is 0 Å². The molecule has 1 fully saturated rings. The summed E-state index contributed by atoms with van der Waals surface area (Å²) in [5.41, 5.74) is 3.14. The number of hydrogen-bond acceptors (Lipinski definition) is 3. The van der Waals surface area contributed by atoms with E-state index in [-0.39, 0.29) is 5.91 Å². The van der Waals surface area contributed by atoms with Gasteiger partial charge in [0.15, 0.2) is 0 Å². The van der Waals surface area contributed by atoms with E-state index in [1.54, 1.807) is 0 Å². The van der Waals surface area contributed by atoms with E-state index in [4.69, 9.17) is 4.74 Å². The van der Waals surface area contributed by atoms with Crippen LogP contribution in [-0.4, -0.2) is 18.6 Å². The second kappa shape index (κ2) is 10.1. The summed E-state index contributed by atoms with van der Waals surface area (Å²) < 4.78 is 6.06. The number of aryl methyl sites for hydroxylation is 1. The van der Waals surface area contributed by atoms with Gasteiger partial charge in [0, 0.05) is 18.7 Å². The van der Waals surface area contributed by atoms with Crippen LogP contribution in [0.2, 0.25) is 0 Å². The first kappa shape index (κ1) is 19.4. The van der Waals surface area contributed by atoms with Crippen molar-refractivity contribution < 1.29 is 9.53 Å². The largest absolute Gasteiger partial charge is 0.490 e. The molecule has 1 saturated carbocycles. The molecule has 0 radical (unpaired) electrons. The fourth-order valence-electron chi connectivity index (χ4n) is 3.50. The van der Waals surface area contributed by atoms with Gasteiger partial charge in [-0.15, -0.1) is 0 Å². The Balaban J connectivity index is 1.52. The number of amides is 1. The number of rotatable bonds is 9. The van der Waals surface area contributed by atoms with Gasteiger partial charge in [0.25, 0.3) is 0 Å². The van der Waals surface area contributed by atoms with E-state index in [9.17, 15) is 4.79 Å². The molecule has 4 heteroatoms. The Morgan fingerprint density at radius 2 is 1.93 bits per heavy atom. The van der Waals surface area contributed by atoms with Crippen LogP contribution in [0.5, 0.6) is 5.75 Å². The Kier molecular flexibility index (Phi) is 7.28. The molecule has 0 atom stereocenters. The third-order valence-corrected chi connectivity index (χ3v) is 5.00. The van der Waals surface area contributed by atoms with E-state index >= 15 is 0 Å². The molecule has 1 aliphatic rings. The van der Waals surface area contributed by atoms with Gasteiger partial charge in [-0.3, -0.25) is 4.79 Å². The van der Waals surface area contributed by atoms with Crippen LogP contribution >= 0.6 is 0 Å². The Morgan fingerprint density at radius 3 is 2.74 bits per heavy atom. The predicted octanol–water partition coefficient (Wildman–Crippen LogP) is 4.69. The van der Waals surface area contributed by atoms with Gasteiger partial charge in [-0.25, -0.2) is 0 Å². The van der Waals surface area contributed by atoms with E-state index in [1.165, 1.54) is 12.8 Å². The summed E-state index contributed by atoms with van der Waals surface area (Å²) >= 11 is 0. The summed E-state index contributed by atoms with van der Waals surface area (Å²) in [4.78, 5) is 12.4. The summed E-state index contributed by atoms with van der Waals surface area (Å²) in [6.07, 6.45) is 6.36. The zero-order valence-corrected chi connectivity index (χ0v) is 16.2. The van der Waals surface area contributed by atoms with E-state index in [2.05, 4.69) is 29.7 Å². The fraction of sp³-hybridized carbons (Fsp3) is 0.435. The lowest BCUT2D eigenvalue weighted by Gasteiger charge is -2.14. The second-order valence-electron chi connectivity index (χ2n) is 7.16. The van der Waals surface area contributed by atoms with Crippen molar-refractivity contribution in [3.05, 3.63) is 59.7 Å². The topological polar surface area (TPSA) is 50.4 Å². The van der Waals surface area contributed by atoms with Gasteiger partial charge >= 0.3 is 0 Å². The third kappa shape index (κ3) is 6.10. The Bertz CT molecular complexity index is 739. The van der Waals surface area contributed by atoms with Crippen molar-refractivity contribution in [3.63, 3.8) is 0 Å². The molecular weight excluding hydrogens is 336 g/mol. The Morgan fingerprint density at radius 1 is 1.11 bits per heavy atom. The molecule has 3 rings (SSSR count). The van der Waals surface area contributed by atoms with Crippen LogP contribution in [0.3, 0.4) is 0 Å². The lowest BCUT2D eigenvalue weighted by Crippen LogP contribution is -2.17. The minimum Gasteiger partial charge on any atom is -0.490 e. The van der Waals surface area contributed by atoms with Gasteiger partial charge in [0.2, 0.25) is 5.91 Å². The zero-order valence-electron chi connectivity index (χ0n) is 16.2. The summed E-state index contributed by atoms with van der Waals surface area (Å²) in [5, 5.41) is 6.36. The molecule has 0 unspecified atom stereocenters. The minimum atomic E-state index is 0.0427.